The Kier molecular flexibility index (Phi) is 3.56. The van der Waals surface area contributed by atoms with E-state index in [1.54, 1.807) is 13.1 Å². The number of hydrogen-bond acceptors (Lipinski definition) is 2. The predicted molar refractivity (Wildman–Crippen MR) is 97.3 cm³/mol. The van der Waals surface area contributed by atoms with Gasteiger partial charge in [0.1, 0.15) is 5.67 Å². The predicted octanol–water partition coefficient (Wildman–Crippen LogP) is 4.79. The van der Waals surface area contributed by atoms with Gasteiger partial charge in [0.05, 0.1) is 28.7 Å². The van der Waals surface area contributed by atoms with Crippen molar-refractivity contribution in [3.63, 3.8) is 0 Å². The molecule has 0 atom stereocenters. The van der Waals surface area contributed by atoms with Crippen LogP contribution in [0.25, 0.3) is 21.8 Å². The average Bonchev–Trinajstić information content (AvgIpc) is 2.95. The van der Waals surface area contributed by atoms with Gasteiger partial charge in [-0.15, -0.1) is 0 Å². The summed E-state index contributed by atoms with van der Waals surface area (Å²) in [6.45, 7) is 3.66. The number of hydrogen-bond donors (Lipinski definition) is 1. The van der Waals surface area contributed by atoms with Gasteiger partial charge in [-0.05, 0) is 57.2 Å². The molecule has 4 rings (SSSR count). The monoisotopic (exact) mass is 391 g/mol. The maximum Gasteiger partial charge on any atom is 0.259 e. The first kappa shape index (κ1) is 15.8. The summed E-state index contributed by atoms with van der Waals surface area (Å²) in [5.74, 6) is 0. The van der Waals surface area contributed by atoms with Crippen molar-refractivity contribution in [1.29, 1.82) is 0 Å². The number of rotatable bonds is 1. The van der Waals surface area contributed by atoms with Crippen molar-refractivity contribution >= 4 is 37.7 Å². The number of alkyl halides is 1. The number of aromatic nitrogens is 3. The van der Waals surface area contributed by atoms with Crippen LogP contribution in [0.1, 0.15) is 44.2 Å². The number of aromatic amines is 1. The van der Waals surface area contributed by atoms with E-state index in [1.165, 1.54) is 0 Å². The normalized spacial score (nSPS) is 24.8. The van der Waals surface area contributed by atoms with Crippen LogP contribution in [0.4, 0.5) is 4.39 Å². The van der Waals surface area contributed by atoms with Crippen LogP contribution in [0.2, 0.25) is 0 Å². The van der Waals surface area contributed by atoms with E-state index in [9.17, 15) is 9.18 Å². The fourth-order valence-electron chi connectivity index (χ4n) is 3.69. The van der Waals surface area contributed by atoms with Crippen LogP contribution >= 0.6 is 15.9 Å². The second-order valence-corrected chi connectivity index (χ2v) is 7.95. The summed E-state index contributed by atoms with van der Waals surface area (Å²) in [4.78, 5) is 15.3. The van der Waals surface area contributed by atoms with Gasteiger partial charge in [0.15, 0.2) is 0 Å². The molecule has 2 aromatic heterocycles. The molecule has 0 unspecified atom stereocenters. The number of aryl methyl sites for hydroxylation is 1. The lowest BCUT2D eigenvalue weighted by Crippen LogP contribution is -2.28. The highest BCUT2D eigenvalue weighted by molar-refractivity contribution is 9.10. The number of fused-ring (bicyclic) bond motifs is 3. The molecule has 0 bridgehead atoms. The number of nitrogens with one attached hydrogen (secondary N) is 1. The highest BCUT2D eigenvalue weighted by Crippen LogP contribution is 2.39. The summed E-state index contributed by atoms with van der Waals surface area (Å²) >= 11 is 3.57. The molecule has 126 valence electrons. The van der Waals surface area contributed by atoms with Gasteiger partial charge in [0.2, 0.25) is 0 Å². The molecule has 3 aromatic rings. The molecular formula is C18H19BrFN3O. The second-order valence-electron chi connectivity index (χ2n) is 7.10. The van der Waals surface area contributed by atoms with E-state index in [0.29, 0.717) is 18.2 Å². The van der Waals surface area contributed by atoms with Gasteiger partial charge in [-0.3, -0.25) is 9.48 Å². The average molecular weight is 392 g/mol. The first-order valence-corrected chi connectivity index (χ1v) is 9.03. The Labute approximate surface area is 147 Å². The van der Waals surface area contributed by atoms with Crippen molar-refractivity contribution in [2.24, 2.45) is 0 Å². The highest BCUT2D eigenvalue weighted by Gasteiger charge is 2.32. The number of pyridine rings is 1. The third-order valence-corrected chi connectivity index (χ3v) is 6.04. The van der Waals surface area contributed by atoms with Crippen LogP contribution in [-0.4, -0.2) is 20.4 Å². The third kappa shape index (κ3) is 2.48. The molecule has 0 amide bonds. The Balaban J connectivity index is 1.94. The van der Waals surface area contributed by atoms with Crippen molar-refractivity contribution in [3.05, 3.63) is 38.7 Å². The Morgan fingerprint density at radius 2 is 2.04 bits per heavy atom. The van der Waals surface area contributed by atoms with E-state index < -0.39 is 5.67 Å². The molecule has 1 saturated carbocycles. The minimum atomic E-state index is -1.08. The SMILES string of the molecule is Cc1cc2[nH]c(=O)c3cnn(C4CCC(C)(F)CC4)c3c2cc1Br. The molecule has 1 aliphatic rings. The topological polar surface area (TPSA) is 50.7 Å². The van der Waals surface area contributed by atoms with Gasteiger partial charge in [-0.1, -0.05) is 15.9 Å². The maximum atomic E-state index is 14.1. The molecule has 0 spiro atoms. The van der Waals surface area contributed by atoms with Gasteiger partial charge >= 0.3 is 0 Å². The molecule has 4 nitrogen and oxygen atoms in total. The molecule has 0 aliphatic heterocycles. The zero-order valence-corrected chi connectivity index (χ0v) is 15.3. The maximum absolute atomic E-state index is 14.1. The molecule has 1 aliphatic carbocycles. The second kappa shape index (κ2) is 5.41. The van der Waals surface area contributed by atoms with Crippen LogP contribution in [0.3, 0.4) is 0 Å². The van der Waals surface area contributed by atoms with Crippen LogP contribution in [0.5, 0.6) is 0 Å². The third-order valence-electron chi connectivity index (χ3n) is 5.19. The van der Waals surface area contributed by atoms with Crippen molar-refractivity contribution < 1.29 is 4.39 Å². The number of H-pyrrole nitrogens is 1. The molecule has 0 radical (unpaired) electrons. The standard InChI is InChI=1S/C18H19BrFN3O/c1-10-7-15-12(8-14(10)19)16-13(17(24)22-15)9-21-23(16)11-3-5-18(2,20)6-4-11/h7-9,11H,3-6H2,1-2H3,(H,22,24). The molecule has 0 saturated heterocycles. The molecule has 1 aromatic carbocycles. The van der Waals surface area contributed by atoms with E-state index in [1.807, 2.05) is 23.7 Å². The number of halogens is 2. The summed E-state index contributed by atoms with van der Waals surface area (Å²) < 4.78 is 17.1. The molecule has 1 fully saturated rings. The van der Waals surface area contributed by atoms with Gasteiger partial charge in [0, 0.05) is 9.86 Å². The Bertz CT molecular complexity index is 995. The van der Waals surface area contributed by atoms with Gasteiger partial charge in [-0.25, -0.2) is 4.39 Å². The van der Waals surface area contributed by atoms with Crippen LogP contribution in [0, 0.1) is 6.92 Å². The van der Waals surface area contributed by atoms with Gasteiger partial charge in [0.25, 0.3) is 5.56 Å². The molecule has 6 heteroatoms. The summed E-state index contributed by atoms with van der Waals surface area (Å²) in [5.41, 5.74) is 1.51. The lowest BCUT2D eigenvalue weighted by atomic mass is 9.85. The van der Waals surface area contributed by atoms with Crippen molar-refractivity contribution in [2.75, 3.05) is 0 Å². The summed E-state index contributed by atoms with van der Waals surface area (Å²) in [6.07, 6.45) is 4.17. The van der Waals surface area contributed by atoms with E-state index >= 15 is 0 Å². The van der Waals surface area contributed by atoms with E-state index in [4.69, 9.17) is 0 Å². The Morgan fingerprint density at radius 3 is 2.75 bits per heavy atom. The number of nitrogens with zero attached hydrogens (tertiary/aromatic N) is 2. The highest BCUT2D eigenvalue weighted by atomic mass is 79.9. The van der Waals surface area contributed by atoms with Crippen LogP contribution < -0.4 is 5.56 Å². The van der Waals surface area contributed by atoms with Crippen LogP contribution in [-0.2, 0) is 0 Å². The fourth-order valence-corrected chi connectivity index (χ4v) is 4.04. The van der Waals surface area contributed by atoms with E-state index in [2.05, 4.69) is 26.0 Å². The largest absolute Gasteiger partial charge is 0.321 e. The van der Waals surface area contributed by atoms with Crippen molar-refractivity contribution in [2.45, 2.75) is 51.2 Å². The Morgan fingerprint density at radius 1 is 1.33 bits per heavy atom. The van der Waals surface area contributed by atoms with Gasteiger partial charge < -0.3 is 4.98 Å². The minimum Gasteiger partial charge on any atom is -0.321 e. The zero-order valence-electron chi connectivity index (χ0n) is 13.7. The van der Waals surface area contributed by atoms with Crippen LogP contribution in [0.15, 0.2) is 27.6 Å². The minimum absolute atomic E-state index is 0.128. The summed E-state index contributed by atoms with van der Waals surface area (Å²) in [5, 5.41) is 6.04. The zero-order chi connectivity index (χ0) is 17.1. The number of benzene rings is 1. The molecule has 1 N–H and O–H groups in total. The first-order chi connectivity index (χ1) is 11.4. The summed E-state index contributed by atoms with van der Waals surface area (Å²) in [6, 6.07) is 4.14. The summed E-state index contributed by atoms with van der Waals surface area (Å²) in [7, 11) is 0. The molecule has 2 heterocycles. The van der Waals surface area contributed by atoms with E-state index in [0.717, 1.165) is 39.3 Å². The quantitative estimate of drug-likeness (QED) is 0.647. The van der Waals surface area contributed by atoms with E-state index in [-0.39, 0.29) is 11.6 Å². The molecular weight excluding hydrogens is 373 g/mol. The first-order valence-electron chi connectivity index (χ1n) is 8.24. The van der Waals surface area contributed by atoms with Crippen molar-refractivity contribution in [3.8, 4) is 0 Å². The lowest BCUT2D eigenvalue weighted by Gasteiger charge is -2.31. The van der Waals surface area contributed by atoms with Crippen molar-refractivity contribution in [1.82, 2.24) is 14.8 Å². The lowest BCUT2D eigenvalue weighted by molar-refractivity contribution is 0.104. The fraction of sp³-hybridized carbons (Fsp3) is 0.444. The molecule has 24 heavy (non-hydrogen) atoms. The Hall–Kier alpha value is -1.69. The van der Waals surface area contributed by atoms with Gasteiger partial charge in [-0.2, -0.15) is 5.10 Å². The smallest absolute Gasteiger partial charge is 0.259 e.